The summed E-state index contributed by atoms with van der Waals surface area (Å²) in [7, 11) is 0. The van der Waals surface area contributed by atoms with E-state index >= 15 is 0 Å². The molecule has 3 unspecified atom stereocenters. The smallest absolute Gasteiger partial charge is 0.243 e. The number of hydrogen-bond donors (Lipinski definition) is 1. The minimum absolute atomic E-state index is 0.267. The van der Waals surface area contributed by atoms with Gasteiger partial charge in [0.15, 0.2) is 5.82 Å². The molecule has 0 amide bonds. The van der Waals surface area contributed by atoms with Crippen molar-refractivity contribution in [2.75, 3.05) is 12.3 Å². The van der Waals surface area contributed by atoms with Gasteiger partial charge in [0.25, 0.3) is 0 Å². The van der Waals surface area contributed by atoms with Gasteiger partial charge in [0.2, 0.25) is 5.89 Å². The van der Waals surface area contributed by atoms with Crippen molar-refractivity contribution in [2.45, 2.75) is 50.3 Å². The fraction of sp³-hybridized carbons (Fsp3) is 0.846. The molecule has 1 aromatic rings. The molecule has 1 aromatic heterocycles. The van der Waals surface area contributed by atoms with Crippen molar-refractivity contribution in [3.63, 3.8) is 0 Å². The summed E-state index contributed by atoms with van der Waals surface area (Å²) in [5.41, 5.74) is 0. The summed E-state index contributed by atoms with van der Waals surface area (Å²) in [4.78, 5) is 4.63. The molecule has 3 heterocycles. The summed E-state index contributed by atoms with van der Waals surface area (Å²) < 4.78 is 5.47. The lowest BCUT2D eigenvalue weighted by Crippen LogP contribution is -2.31. The summed E-state index contributed by atoms with van der Waals surface area (Å²) in [6, 6.07) is 0.267. The van der Waals surface area contributed by atoms with Crippen LogP contribution in [0.4, 0.5) is 0 Å². The maximum absolute atomic E-state index is 5.47. The van der Waals surface area contributed by atoms with Gasteiger partial charge < -0.3 is 9.84 Å². The van der Waals surface area contributed by atoms with Crippen LogP contribution in [0.25, 0.3) is 0 Å². The van der Waals surface area contributed by atoms with Crippen LogP contribution in [0.3, 0.4) is 0 Å². The molecule has 2 fully saturated rings. The highest BCUT2D eigenvalue weighted by atomic mass is 32.2. The van der Waals surface area contributed by atoms with Gasteiger partial charge in [-0.1, -0.05) is 18.5 Å². The summed E-state index contributed by atoms with van der Waals surface area (Å²) in [6.45, 7) is 3.35. The van der Waals surface area contributed by atoms with Crippen molar-refractivity contribution in [1.82, 2.24) is 15.5 Å². The number of nitrogens with one attached hydrogen (secondary N) is 1. The van der Waals surface area contributed by atoms with Gasteiger partial charge in [-0.25, -0.2) is 0 Å². The molecule has 3 rings (SSSR count). The average Bonchev–Trinajstić information content (AvgIpc) is 2.89. The highest BCUT2D eigenvalue weighted by Gasteiger charge is 2.27. The van der Waals surface area contributed by atoms with E-state index < -0.39 is 0 Å². The van der Waals surface area contributed by atoms with Gasteiger partial charge in [-0.3, -0.25) is 0 Å². The zero-order chi connectivity index (χ0) is 12.4. The van der Waals surface area contributed by atoms with Crippen molar-refractivity contribution in [1.29, 1.82) is 0 Å². The van der Waals surface area contributed by atoms with E-state index in [0.717, 1.165) is 30.6 Å². The third-order valence-corrected chi connectivity index (χ3v) is 5.26. The van der Waals surface area contributed by atoms with Crippen molar-refractivity contribution in [3.8, 4) is 0 Å². The minimum Gasteiger partial charge on any atom is -0.338 e. The normalized spacial score (nSPS) is 33.5. The molecule has 100 valence electrons. The van der Waals surface area contributed by atoms with Gasteiger partial charge >= 0.3 is 0 Å². The largest absolute Gasteiger partial charge is 0.338 e. The fourth-order valence-corrected chi connectivity index (χ4v) is 3.99. The van der Waals surface area contributed by atoms with E-state index in [-0.39, 0.29) is 6.04 Å². The zero-order valence-corrected chi connectivity index (χ0v) is 11.7. The van der Waals surface area contributed by atoms with E-state index in [4.69, 9.17) is 4.52 Å². The van der Waals surface area contributed by atoms with Gasteiger partial charge in [-0.05, 0) is 43.9 Å². The van der Waals surface area contributed by atoms with Crippen LogP contribution >= 0.6 is 11.8 Å². The van der Waals surface area contributed by atoms with Crippen molar-refractivity contribution in [3.05, 3.63) is 11.7 Å². The summed E-state index contributed by atoms with van der Waals surface area (Å²) in [5.74, 6) is 3.68. The van der Waals surface area contributed by atoms with E-state index in [1.165, 1.54) is 31.4 Å². The molecule has 1 N–H and O–H groups in total. The number of piperidine rings is 1. The molecular formula is C13H21N3OS. The van der Waals surface area contributed by atoms with Crippen LogP contribution in [0.15, 0.2) is 4.52 Å². The van der Waals surface area contributed by atoms with Gasteiger partial charge in [0, 0.05) is 0 Å². The Morgan fingerprint density at radius 2 is 2.28 bits per heavy atom. The first-order valence-electron chi connectivity index (χ1n) is 7.01. The van der Waals surface area contributed by atoms with E-state index in [9.17, 15) is 0 Å². The highest BCUT2D eigenvalue weighted by molar-refractivity contribution is 7.99. The number of aromatic nitrogens is 2. The third kappa shape index (κ3) is 2.72. The van der Waals surface area contributed by atoms with Gasteiger partial charge in [0.1, 0.15) is 0 Å². The lowest BCUT2D eigenvalue weighted by Gasteiger charge is -2.25. The molecule has 2 aliphatic rings. The van der Waals surface area contributed by atoms with E-state index in [2.05, 4.69) is 22.4 Å². The van der Waals surface area contributed by atoms with E-state index in [1.807, 2.05) is 11.8 Å². The molecule has 0 saturated carbocycles. The Hall–Kier alpha value is -0.550. The van der Waals surface area contributed by atoms with Crippen LogP contribution in [-0.4, -0.2) is 22.4 Å². The Balaban J connectivity index is 1.68. The van der Waals surface area contributed by atoms with Crippen LogP contribution in [0.5, 0.6) is 0 Å². The van der Waals surface area contributed by atoms with Crippen molar-refractivity contribution >= 4 is 11.8 Å². The second-order valence-electron chi connectivity index (χ2n) is 5.48. The van der Waals surface area contributed by atoms with Crippen molar-refractivity contribution < 1.29 is 4.52 Å². The molecule has 2 aliphatic heterocycles. The zero-order valence-electron chi connectivity index (χ0n) is 10.9. The van der Waals surface area contributed by atoms with Gasteiger partial charge in [0.05, 0.1) is 11.3 Å². The van der Waals surface area contributed by atoms with Crippen LogP contribution in [0.1, 0.15) is 62.0 Å². The van der Waals surface area contributed by atoms with Crippen LogP contribution in [-0.2, 0) is 0 Å². The monoisotopic (exact) mass is 267 g/mol. The minimum atomic E-state index is 0.267. The fourth-order valence-electron chi connectivity index (χ4n) is 2.76. The van der Waals surface area contributed by atoms with E-state index in [0.29, 0.717) is 5.25 Å². The quantitative estimate of drug-likeness (QED) is 0.892. The Kier molecular flexibility index (Phi) is 3.89. The van der Waals surface area contributed by atoms with E-state index in [1.54, 1.807) is 0 Å². The lowest BCUT2D eigenvalue weighted by atomic mass is 9.94. The molecule has 4 nitrogen and oxygen atoms in total. The molecule has 5 heteroatoms. The Morgan fingerprint density at radius 3 is 3.06 bits per heavy atom. The molecule has 0 radical (unpaired) electrons. The second-order valence-corrected chi connectivity index (χ2v) is 6.79. The number of rotatable bonds is 2. The number of thioether (sulfide) groups is 1. The molecule has 3 atom stereocenters. The maximum Gasteiger partial charge on any atom is 0.243 e. The number of hydrogen-bond acceptors (Lipinski definition) is 5. The molecular weight excluding hydrogens is 246 g/mol. The molecule has 0 bridgehead atoms. The highest BCUT2D eigenvalue weighted by Crippen LogP contribution is 2.37. The van der Waals surface area contributed by atoms with Crippen molar-refractivity contribution in [2.24, 2.45) is 5.92 Å². The first-order chi connectivity index (χ1) is 8.83. The Bertz CT molecular complexity index is 389. The average molecular weight is 267 g/mol. The molecule has 0 spiro atoms. The molecule has 18 heavy (non-hydrogen) atoms. The predicted octanol–water partition coefficient (Wildman–Crippen LogP) is 3.09. The topological polar surface area (TPSA) is 51.0 Å². The molecule has 0 aromatic carbocycles. The van der Waals surface area contributed by atoms with Gasteiger partial charge in [-0.15, -0.1) is 0 Å². The lowest BCUT2D eigenvalue weighted by molar-refractivity contribution is 0.259. The molecule has 2 saturated heterocycles. The van der Waals surface area contributed by atoms with Crippen LogP contribution in [0, 0.1) is 5.92 Å². The Morgan fingerprint density at radius 1 is 1.33 bits per heavy atom. The SMILES string of the molecule is CC1CCNC(c2nc(C3CCCCS3)no2)C1. The second kappa shape index (κ2) is 5.61. The summed E-state index contributed by atoms with van der Waals surface area (Å²) in [6.07, 6.45) is 6.17. The summed E-state index contributed by atoms with van der Waals surface area (Å²) >= 11 is 1.97. The standard InChI is InChI=1S/C13H21N3OS/c1-9-5-6-14-10(8-9)13-15-12(16-17-13)11-4-2-3-7-18-11/h9-11,14H,2-8H2,1H3. The Labute approximate surface area is 112 Å². The molecule has 0 aliphatic carbocycles. The summed E-state index contributed by atoms with van der Waals surface area (Å²) in [5, 5.41) is 8.13. The van der Waals surface area contributed by atoms with Crippen LogP contribution in [0.2, 0.25) is 0 Å². The predicted molar refractivity (Wildman–Crippen MR) is 72.5 cm³/mol. The third-order valence-electron chi connectivity index (χ3n) is 3.89. The first-order valence-corrected chi connectivity index (χ1v) is 8.06. The van der Waals surface area contributed by atoms with Crippen LogP contribution < -0.4 is 5.32 Å². The van der Waals surface area contributed by atoms with Gasteiger partial charge in [-0.2, -0.15) is 16.7 Å². The number of nitrogens with zero attached hydrogens (tertiary/aromatic N) is 2. The first kappa shape index (κ1) is 12.5. The maximum atomic E-state index is 5.47.